The molecule has 0 spiro atoms. The summed E-state index contributed by atoms with van der Waals surface area (Å²) in [5.74, 6) is 1.21. The van der Waals surface area contributed by atoms with Gasteiger partial charge in [-0.2, -0.15) is 0 Å². The van der Waals surface area contributed by atoms with Crippen LogP contribution in [0.5, 0.6) is 17.2 Å². The number of aryl methyl sites for hydroxylation is 2. The van der Waals surface area contributed by atoms with Crippen molar-refractivity contribution in [1.29, 1.82) is 0 Å². The van der Waals surface area contributed by atoms with E-state index >= 15 is 0 Å². The van der Waals surface area contributed by atoms with Crippen LogP contribution < -0.4 is 9.47 Å². The minimum atomic E-state index is -3.20. The topological polar surface area (TPSA) is 79.2 Å². The zero-order valence-electron chi connectivity index (χ0n) is 14.8. The summed E-state index contributed by atoms with van der Waals surface area (Å²) in [7, 11) is -3.20. The molecular formula is C19H25O5P. The summed E-state index contributed by atoms with van der Waals surface area (Å²) < 4.78 is 10.9. The molecule has 6 heteroatoms. The lowest BCUT2D eigenvalue weighted by atomic mass is 9.95. The van der Waals surface area contributed by atoms with Crippen molar-refractivity contribution in [2.24, 2.45) is 0 Å². The fourth-order valence-electron chi connectivity index (χ4n) is 2.64. The molecule has 0 saturated heterocycles. The van der Waals surface area contributed by atoms with Crippen molar-refractivity contribution in [2.45, 2.75) is 27.2 Å². The first kappa shape index (κ1) is 19.4. The summed E-state index contributed by atoms with van der Waals surface area (Å²) in [6.45, 7) is 6.35. The smallest absolute Gasteiger partial charge is 0.161 e. The molecule has 0 heterocycles. The highest BCUT2D eigenvalue weighted by Crippen LogP contribution is 2.35. The molecule has 2 rings (SSSR count). The number of hydrogen-bond donors (Lipinski definition) is 3. The van der Waals surface area contributed by atoms with Gasteiger partial charge in [0.05, 0.1) is 6.61 Å². The second-order valence-electron chi connectivity index (χ2n) is 6.10. The van der Waals surface area contributed by atoms with Crippen LogP contribution in [0.4, 0.5) is 0 Å². The van der Waals surface area contributed by atoms with Crippen LogP contribution in [0.3, 0.4) is 0 Å². The first-order chi connectivity index (χ1) is 11.7. The maximum absolute atomic E-state index is 9.82. The second kappa shape index (κ2) is 7.96. The van der Waals surface area contributed by atoms with Gasteiger partial charge in [-0.1, -0.05) is 6.07 Å². The van der Waals surface area contributed by atoms with E-state index in [1.807, 2.05) is 45.0 Å². The van der Waals surface area contributed by atoms with Gasteiger partial charge in [0.1, 0.15) is 13.1 Å². The normalized spacial score (nSPS) is 11.4. The molecule has 0 atom stereocenters. The van der Waals surface area contributed by atoms with Crippen LogP contribution in [0, 0.1) is 13.8 Å². The molecule has 136 valence electrons. The monoisotopic (exact) mass is 364 g/mol. The molecule has 0 radical (unpaired) electrons. The van der Waals surface area contributed by atoms with E-state index in [-0.39, 0.29) is 12.1 Å². The molecule has 0 aliphatic carbocycles. The predicted octanol–water partition coefficient (Wildman–Crippen LogP) is 3.60. The molecule has 0 saturated carbocycles. The number of hydrogen-bond acceptors (Lipinski definition) is 5. The molecular weight excluding hydrogens is 339 g/mol. The van der Waals surface area contributed by atoms with Crippen LogP contribution in [-0.4, -0.2) is 34.1 Å². The third-order valence-electron chi connectivity index (χ3n) is 3.81. The van der Waals surface area contributed by atoms with E-state index in [2.05, 4.69) is 6.30 Å². The highest BCUT2D eigenvalue weighted by Gasteiger charge is 2.11. The summed E-state index contributed by atoms with van der Waals surface area (Å²) >= 11 is 0. The van der Waals surface area contributed by atoms with Gasteiger partial charge in [-0.15, -0.1) is 0 Å². The standard InChI is InChI=1S/C19H25O5P/c1-5-23-19-11-15(6-7-18(19)20)10-17-13(2)8-16(9-14(17)3)24-12-25(4,21)22/h6-9,11,20-22H,4-5,10,12H2,1-3H3. The lowest BCUT2D eigenvalue weighted by Gasteiger charge is -2.16. The van der Waals surface area contributed by atoms with Crippen LogP contribution in [-0.2, 0) is 6.42 Å². The first-order valence-electron chi connectivity index (χ1n) is 8.05. The van der Waals surface area contributed by atoms with E-state index in [9.17, 15) is 14.9 Å². The Bertz CT molecular complexity index is 771. The lowest BCUT2D eigenvalue weighted by Crippen LogP contribution is -2.02. The average Bonchev–Trinajstić information content (AvgIpc) is 2.51. The van der Waals surface area contributed by atoms with Gasteiger partial charge < -0.3 is 24.4 Å². The molecule has 0 aromatic heterocycles. The van der Waals surface area contributed by atoms with Crippen molar-refractivity contribution in [3.05, 3.63) is 52.6 Å². The molecule has 2 aromatic rings. The minimum Gasteiger partial charge on any atom is -0.504 e. The van der Waals surface area contributed by atoms with Crippen molar-refractivity contribution in [3.8, 4) is 17.2 Å². The van der Waals surface area contributed by atoms with Gasteiger partial charge in [-0.05, 0) is 80.0 Å². The number of ether oxygens (including phenoxy) is 2. The Morgan fingerprint density at radius 3 is 2.24 bits per heavy atom. The van der Waals surface area contributed by atoms with Crippen molar-refractivity contribution in [1.82, 2.24) is 0 Å². The summed E-state index contributed by atoms with van der Waals surface area (Å²) in [5.41, 5.74) is 4.29. The van der Waals surface area contributed by atoms with E-state index in [4.69, 9.17) is 9.47 Å². The minimum absolute atomic E-state index is 0.135. The Morgan fingerprint density at radius 2 is 1.68 bits per heavy atom. The number of benzene rings is 2. The van der Waals surface area contributed by atoms with Gasteiger partial charge in [-0.3, -0.25) is 0 Å². The highest BCUT2D eigenvalue weighted by molar-refractivity contribution is 7.62. The summed E-state index contributed by atoms with van der Waals surface area (Å²) in [4.78, 5) is 18.7. The van der Waals surface area contributed by atoms with Crippen molar-refractivity contribution in [2.75, 3.05) is 13.0 Å². The molecule has 0 amide bonds. The predicted molar refractivity (Wildman–Crippen MR) is 102 cm³/mol. The molecule has 2 aromatic carbocycles. The van der Waals surface area contributed by atoms with Crippen LogP contribution >= 0.6 is 7.34 Å². The first-order valence-corrected chi connectivity index (χ1v) is 10.1. The van der Waals surface area contributed by atoms with Gasteiger partial charge in [0, 0.05) is 0 Å². The van der Waals surface area contributed by atoms with Crippen molar-refractivity contribution < 1.29 is 24.4 Å². The summed E-state index contributed by atoms with van der Waals surface area (Å²) in [6.07, 6.45) is 3.80. The molecule has 0 bridgehead atoms. The van der Waals surface area contributed by atoms with Crippen LogP contribution in [0.15, 0.2) is 30.3 Å². The molecule has 0 aliphatic rings. The number of phenols is 1. The molecule has 0 aliphatic heterocycles. The van der Waals surface area contributed by atoms with E-state index in [0.29, 0.717) is 24.5 Å². The number of phenolic OH excluding ortho intramolecular Hbond substituents is 1. The molecule has 3 N–H and O–H groups in total. The quantitative estimate of drug-likeness (QED) is 0.654. The zero-order chi connectivity index (χ0) is 18.6. The molecule has 5 nitrogen and oxygen atoms in total. The number of rotatable bonds is 7. The Hall–Kier alpha value is -1.94. The van der Waals surface area contributed by atoms with Gasteiger partial charge >= 0.3 is 0 Å². The van der Waals surface area contributed by atoms with Crippen LogP contribution in [0.25, 0.3) is 0 Å². The summed E-state index contributed by atoms with van der Waals surface area (Å²) in [5, 5.41) is 9.82. The summed E-state index contributed by atoms with van der Waals surface area (Å²) in [6, 6.07) is 9.12. The fourth-order valence-corrected chi connectivity index (χ4v) is 2.99. The molecule has 25 heavy (non-hydrogen) atoms. The Labute approximate surface area is 148 Å². The molecule has 0 fully saturated rings. The van der Waals surface area contributed by atoms with E-state index in [1.165, 1.54) is 0 Å². The lowest BCUT2D eigenvalue weighted by molar-refractivity contribution is 0.318. The van der Waals surface area contributed by atoms with Crippen molar-refractivity contribution in [3.63, 3.8) is 0 Å². The second-order valence-corrected chi connectivity index (χ2v) is 8.12. The Morgan fingerprint density at radius 1 is 1.04 bits per heavy atom. The SMILES string of the molecule is C=P(O)(O)COc1cc(C)c(Cc2ccc(O)c(OCC)c2)c(C)c1. The van der Waals surface area contributed by atoms with Gasteiger partial charge in [0.25, 0.3) is 0 Å². The average molecular weight is 364 g/mol. The largest absolute Gasteiger partial charge is 0.504 e. The van der Waals surface area contributed by atoms with Gasteiger partial charge in [0.15, 0.2) is 17.8 Å². The maximum atomic E-state index is 9.82. The van der Waals surface area contributed by atoms with Gasteiger partial charge in [0.2, 0.25) is 0 Å². The Kier molecular flexibility index (Phi) is 6.17. The van der Waals surface area contributed by atoms with E-state index in [1.54, 1.807) is 6.07 Å². The van der Waals surface area contributed by atoms with Crippen LogP contribution in [0.1, 0.15) is 29.2 Å². The maximum Gasteiger partial charge on any atom is 0.161 e. The van der Waals surface area contributed by atoms with Crippen molar-refractivity contribution >= 4 is 13.6 Å². The highest BCUT2D eigenvalue weighted by atomic mass is 31.2. The van der Waals surface area contributed by atoms with Gasteiger partial charge in [-0.25, -0.2) is 0 Å². The van der Waals surface area contributed by atoms with E-state index < -0.39 is 7.34 Å². The zero-order valence-corrected chi connectivity index (χ0v) is 15.7. The fraction of sp³-hybridized carbons (Fsp3) is 0.316. The number of aromatic hydroxyl groups is 1. The third kappa shape index (κ3) is 5.53. The van der Waals surface area contributed by atoms with Crippen LogP contribution in [0.2, 0.25) is 0 Å². The third-order valence-corrected chi connectivity index (χ3v) is 4.36. The Balaban J connectivity index is 2.23. The van der Waals surface area contributed by atoms with E-state index in [0.717, 1.165) is 22.3 Å². The molecule has 0 unspecified atom stereocenters.